The Bertz CT molecular complexity index is 985. The molecule has 4 rings (SSSR count). The fourth-order valence-corrected chi connectivity index (χ4v) is 5.25. The van der Waals surface area contributed by atoms with Crippen LogP contribution in [-0.2, 0) is 15.0 Å². The number of hydrogen-bond donors (Lipinski definition) is 1. The minimum Gasteiger partial charge on any atom is -0.457 e. The molecule has 160 valence electrons. The highest BCUT2D eigenvalue weighted by atomic mass is 32.2. The molecule has 0 aromatic heterocycles. The minimum absolute atomic E-state index is 0.0541. The zero-order valence-electron chi connectivity index (χ0n) is 17.2. The molecule has 1 N–H and O–H groups in total. The van der Waals surface area contributed by atoms with Gasteiger partial charge in [-0.1, -0.05) is 36.4 Å². The maximum atomic E-state index is 13.2. The zero-order chi connectivity index (χ0) is 21.3. The third-order valence-corrected chi connectivity index (χ3v) is 7.81. The lowest BCUT2D eigenvalue weighted by molar-refractivity contribution is -0.122. The molecule has 8 heteroatoms. The molecule has 2 heterocycles. The Morgan fingerprint density at radius 3 is 2.10 bits per heavy atom. The van der Waals surface area contributed by atoms with E-state index in [0.717, 1.165) is 24.0 Å². The second-order valence-electron chi connectivity index (χ2n) is 7.99. The molecule has 0 bridgehead atoms. The number of ether oxygens (including phenoxy) is 1. The molecule has 0 atom stereocenters. The van der Waals surface area contributed by atoms with Gasteiger partial charge in [0.25, 0.3) is 10.2 Å². The number of nitrogens with one attached hydrogen (secondary N) is 1. The van der Waals surface area contributed by atoms with Crippen molar-refractivity contribution in [2.75, 3.05) is 33.7 Å². The van der Waals surface area contributed by atoms with Crippen LogP contribution in [0.4, 0.5) is 0 Å². The van der Waals surface area contributed by atoms with Gasteiger partial charge < -0.3 is 10.1 Å². The Labute approximate surface area is 177 Å². The Morgan fingerprint density at radius 1 is 1.03 bits per heavy atom. The van der Waals surface area contributed by atoms with E-state index in [0.29, 0.717) is 31.1 Å². The number of nitrogens with zero attached hydrogens (tertiary/aromatic N) is 2. The van der Waals surface area contributed by atoms with Crippen molar-refractivity contribution < 1.29 is 17.9 Å². The first-order valence-electron chi connectivity index (χ1n) is 10.2. The SMILES string of the molecule is CN(C)S(=O)(=O)N1CCC(CNC(=O)C2c3ccccc3Oc3ccccc32)CC1. The monoisotopic (exact) mass is 429 g/mol. The van der Waals surface area contributed by atoms with Crippen LogP contribution in [0.2, 0.25) is 0 Å². The third kappa shape index (κ3) is 3.95. The van der Waals surface area contributed by atoms with Crippen LogP contribution in [0.15, 0.2) is 48.5 Å². The lowest BCUT2D eigenvalue weighted by atomic mass is 9.87. The normalized spacial score (nSPS) is 17.8. The molecule has 0 aliphatic carbocycles. The molecule has 1 saturated heterocycles. The molecule has 2 aliphatic heterocycles. The fourth-order valence-electron chi connectivity index (χ4n) is 4.11. The van der Waals surface area contributed by atoms with Crippen molar-refractivity contribution in [3.05, 3.63) is 59.7 Å². The van der Waals surface area contributed by atoms with Crippen LogP contribution in [0.3, 0.4) is 0 Å². The van der Waals surface area contributed by atoms with Gasteiger partial charge in [0.2, 0.25) is 5.91 Å². The molecule has 1 fully saturated rings. The van der Waals surface area contributed by atoms with Crippen molar-refractivity contribution in [1.82, 2.24) is 13.9 Å². The van der Waals surface area contributed by atoms with Gasteiger partial charge in [-0.05, 0) is 30.9 Å². The van der Waals surface area contributed by atoms with Gasteiger partial charge in [0.05, 0.1) is 5.92 Å². The van der Waals surface area contributed by atoms with Crippen molar-refractivity contribution in [2.24, 2.45) is 5.92 Å². The number of rotatable bonds is 5. The summed E-state index contributed by atoms with van der Waals surface area (Å²) in [5.41, 5.74) is 1.72. The van der Waals surface area contributed by atoms with Crippen LogP contribution >= 0.6 is 0 Å². The number of carbonyl (C=O) groups excluding carboxylic acids is 1. The Kier molecular flexibility index (Phi) is 5.81. The Balaban J connectivity index is 1.42. The first-order valence-corrected chi connectivity index (χ1v) is 11.6. The number of amides is 1. The highest BCUT2D eigenvalue weighted by Crippen LogP contribution is 2.43. The van der Waals surface area contributed by atoms with Crippen LogP contribution in [0, 0.1) is 5.92 Å². The van der Waals surface area contributed by atoms with Gasteiger partial charge in [-0.25, -0.2) is 0 Å². The van der Waals surface area contributed by atoms with E-state index >= 15 is 0 Å². The quantitative estimate of drug-likeness (QED) is 0.792. The fraction of sp³-hybridized carbons (Fsp3) is 0.409. The molecule has 7 nitrogen and oxygen atoms in total. The van der Waals surface area contributed by atoms with E-state index in [-0.39, 0.29) is 11.8 Å². The van der Waals surface area contributed by atoms with Crippen molar-refractivity contribution >= 4 is 16.1 Å². The summed E-state index contributed by atoms with van der Waals surface area (Å²) in [7, 11) is -0.280. The third-order valence-electron chi connectivity index (χ3n) is 5.87. The van der Waals surface area contributed by atoms with E-state index in [1.54, 1.807) is 14.1 Å². The standard InChI is InChI=1S/C22H27N3O4S/c1-24(2)30(27,28)25-13-11-16(12-14-25)15-23-22(26)21-17-7-3-5-9-19(17)29-20-10-6-4-8-18(20)21/h3-10,16,21H,11-15H2,1-2H3,(H,23,26). The largest absolute Gasteiger partial charge is 0.457 e. The number of hydrogen-bond acceptors (Lipinski definition) is 4. The van der Waals surface area contributed by atoms with Crippen molar-refractivity contribution in [2.45, 2.75) is 18.8 Å². The van der Waals surface area contributed by atoms with Gasteiger partial charge in [-0.15, -0.1) is 0 Å². The second-order valence-corrected chi connectivity index (χ2v) is 10.1. The van der Waals surface area contributed by atoms with Crippen LogP contribution in [0.5, 0.6) is 11.5 Å². The van der Waals surface area contributed by atoms with Gasteiger partial charge in [-0.2, -0.15) is 17.0 Å². The number of piperidine rings is 1. The molecular weight excluding hydrogens is 402 g/mol. The smallest absolute Gasteiger partial charge is 0.281 e. The van der Waals surface area contributed by atoms with Gasteiger partial charge >= 0.3 is 0 Å². The van der Waals surface area contributed by atoms with Crippen LogP contribution in [-0.4, -0.2) is 56.7 Å². The zero-order valence-corrected chi connectivity index (χ0v) is 18.1. The molecule has 2 aliphatic rings. The van der Waals surface area contributed by atoms with E-state index in [1.807, 2.05) is 48.5 Å². The van der Waals surface area contributed by atoms with Crippen molar-refractivity contribution in [1.29, 1.82) is 0 Å². The summed E-state index contributed by atoms with van der Waals surface area (Å²) in [6.45, 7) is 1.49. The topological polar surface area (TPSA) is 79.0 Å². The Morgan fingerprint density at radius 2 is 1.57 bits per heavy atom. The number of para-hydroxylation sites is 2. The summed E-state index contributed by atoms with van der Waals surface area (Å²) in [4.78, 5) is 13.2. The number of fused-ring (bicyclic) bond motifs is 2. The predicted octanol–water partition coefficient (Wildman–Crippen LogP) is 2.56. The van der Waals surface area contributed by atoms with Crippen molar-refractivity contribution in [3.8, 4) is 11.5 Å². The lowest BCUT2D eigenvalue weighted by Gasteiger charge is -2.33. The van der Waals surface area contributed by atoms with E-state index in [1.165, 1.54) is 8.61 Å². The molecule has 1 amide bonds. The molecule has 30 heavy (non-hydrogen) atoms. The summed E-state index contributed by atoms with van der Waals surface area (Å²) >= 11 is 0. The first kappa shape index (κ1) is 20.8. The average molecular weight is 430 g/mol. The molecule has 0 saturated carbocycles. The van der Waals surface area contributed by atoms with Crippen LogP contribution < -0.4 is 10.1 Å². The summed E-state index contributed by atoms with van der Waals surface area (Å²) < 4.78 is 33.3. The van der Waals surface area contributed by atoms with Crippen molar-refractivity contribution in [3.63, 3.8) is 0 Å². The Hall–Kier alpha value is -2.42. The molecule has 2 aromatic rings. The summed E-state index contributed by atoms with van der Waals surface area (Å²) in [5.74, 6) is 1.20. The number of benzene rings is 2. The van der Waals surface area contributed by atoms with Gasteiger partial charge in [-0.3, -0.25) is 4.79 Å². The van der Waals surface area contributed by atoms with E-state index < -0.39 is 16.1 Å². The van der Waals surface area contributed by atoms with Gasteiger partial charge in [0.1, 0.15) is 11.5 Å². The van der Waals surface area contributed by atoms with Crippen LogP contribution in [0.25, 0.3) is 0 Å². The molecular formula is C22H27N3O4S. The maximum absolute atomic E-state index is 13.2. The van der Waals surface area contributed by atoms with E-state index in [2.05, 4.69) is 5.32 Å². The minimum atomic E-state index is -3.37. The van der Waals surface area contributed by atoms with Gasteiger partial charge in [0.15, 0.2) is 0 Å². The second kappa shape index (κ2) is 8.37. The van der Waals surface area contributed by atoms with E-state index in [9.17, 15) is 13.2 Å². The van der Waals surface area contributed by atoms with E-state index in [4.69, 9.17) is 4.74 Å². The molecule has 0 unspecified atom stereocenters. The molecule has 2 aromatic carbocycles. The lowest BCUT2D eigenvalue weighted by Crippen LogP contribution is -2.46. The highest BCUT2D eigenvalue weighted by molar-refractivity contribution is 7.86. The van der Waals surface area contributed by atoms with Gasteiger partial charge in [0, 0.05) is 44.9 Å². The highest BCUT2D eigenvalue weighted by Gasteiger charge is 2.33. The average Bonchev–Trinajstić information content (AvgIpc) is 2.76. The first-order chi connectivity index (χ1) is 14.4. The summed E-state index contributed by atoms with van der Waals surface area (Å²) in [5, 5.41) is 3.11. The predicted molar refractivity (Wildman–Crippen MR) is 115 cm³/mol. The van der Waals surface area contributed by atoms with Crippen LogP contribution in [0.1, 0.15) is 29.9 Å². The summed E-state index contributed by atoms with van der Waals surface area (Å²) in [6.07, 6.45) is 1.46. The number of carbonyl (C=O) groups is 1. The molecule has 0 spiro atoms. The summed E-state index contributed by atoms with van der Waals surface area (Å²) in [6, 6.07) is 15.3. The molecule has 0 radical (unpaired) electrons. The maximum Gasteiger partial charge on any atom is 0.281 e.